The zero-order valence-electron chi connectivity index (χ0n) is 15.9. The van der Waals surface area contributed by atoms with E-state index in [-0.39, 0.29) is 12.5 Å². The van der Waals surface area contributed by atoms with Crippen LogP contribution in [0.15, 0.2) is 66.7 Å². The predicted octanol–water partition coefficient (Wildman–Crippen LogP) is 3.49. The fraction of sp³-hybridized carbons (Fsp3) is 0.292. The van der Waals surface area contributed by atoms with Crippen LogP contribution < -0.4 is 4.74 Å². The third kappa shape index (κ3) is 3.36. The van der Waals surface area contributed by atoms with Gasteiger partial charge in [0.25, 0.3) is 5.91 Å². The number of hydrogen-bond donors (Lipinski definition) is 0. The van der Waals surface area contributed by atoms with E-state index in [4.69, 9.17) is 4.74 Å². The van der Waals surface area contributed by atoms with Crippen molar-refractivity contribution in [3.8, 4) is 5.75 Å². The number of fused-ring (bicyclic) bond motifs is 2. The van der Waals surface area contributed by atoms with Crippen LogP contribution in [-0.2, 0) is 17.8 Å². The predicted molar refractivity (Wildman–Crippen MR) is 110 cm³/mol. The Hall–Kier alpha value is -2.85. The SMILES string of the molecule is O=C(COc1ccc2ccccc2c1)N1CC(N2CCc3ccccc3C2)C1. The van der Waals surface area contributed by atoms with Gasteiger partial charge >= 0.3 is 0 Å². The lowest BCUT2D eigenvalue weighted by molar-refractivity contribution is -0.141. The summed E-state index contributed by atoms with van der Waals surface area (Å²) in [4.78, 5) is 16.9. The van der Waals surface area contributed by atoms with Crippen LogP contribution >= 0.6 is 0 Å². The minimum Gasteiger partial charge on any atom is -0.484 e. The molecule has 0 radical (unpaired) electrons. The molecule has 1 saturated heterocycles. The Kier molecular flexibility index (Phi) is 4.49. The Bertz CT molecular complexity index is 1010. The molecule has 0 spiro atoms. The highest BCUT2D eigenvalue weighted by Gasteiger charge is 2.35. The summed E-state index contributed by atoms with van der Waals surface area (Å²) in [6.07, 6.45) is 1.10. The van der Waals surface area contributed by atoms with E-state index in [0.717, 1.165) is 43.7 Å². The molecule has 0 N–H and O–H groups in total. The van der Waals surface area contributed by atoms with Crippen molar-refractivity contribution >= 4 is 16.7 Å². The third-order valence-corrected chi connectivity index (χ3v) is 5.97. The van der Waals surface area contributed by atoms with E-state index in [2.05, 4.69) is 41.3 Å². The Balaban J connectivity index is 1.13. The maximum Gasteiger partial charge on any atom is 0.260 e. The van der Waals surface area contributed by atoms with E-state index in [1.54, 1.807) is 0 Å². The molecule has 0 atom stereocenters. The van der Waals surface area contributed by atoms with Gasteiger partial charge in [0.15, 0.2) is 6.61 Å². The molecule has 0 unspecified atom stereocenters. The first-order valence-electron chi connectivity index (χ1n) is 9.96. The van der Waals surface area contributed by atoms with Crippen molar-refractivity contribution < 1.29 is 9.53 Å². The van der Waals surface area contributed by atoms with Crippen molar-refractivity contribution in [3.63, 3.8) is 0 Å². The zero-order chi connectivity index (χ0) is 18.9. The molecule has 0 aromatic heterocycles. The number of benzene rings is 3. The molecular weight excluding hydrogens is 348 g/mol. The standard InChI is InChI=1S/C24H24N2O2/c27-24(17-28-23-10-9-18-5-1-3-7-20(18)13-23)26-15-22(16-26)25-12-11-19-6-2-4-8-21(19)14-25/h1-10,13,22H,11-12,14-17H2. The Morgan fingerprint density at radius 3 is 2.54 bits per heavy atom. The number of hydrogen-bond acceptors (Lipinski definition) is 3. The zero-order valence-corrected chi connectivity index (χ0v) is 15.9. The first-order valence-corrected chi connectivity index (χ1v) is 9.96. The van der Waals surface area contributed by atoms with Crippen molar-refractivity contribution in [1.82, 2.24) is 9.80 Å². The molecule has 5 rings (SSSR count). The second kappa shape index (κ2) is 7.28. The molecule has 3 aromatic carbocycles. The number of carbonyl (C=O) groups excluding carboxylic acids is 1. The van der Waals surface area contributed by atoms with Crippen molar-refractivity contribution in [2.75, 3.05) is 26.2 Å². The van der Waals surface area contributed by atoms with Gasteiger partial charge in [-0.25, -0.2) is 0 Å². The third-order valence-electron chi connectivity index (χ3n) is 5.97. The quantitative estimate of drug-likeness (QED) is 0.703. The fourth-order valence-electron chi connectivity index (χ4n) is 4.21. The van der Waals surface area contributed by atoms with Gasteiger partial charge in [-0.1, -0.05) is 54.6 Å². The van der Waals surface area contributed by atoms with Gasteiger partial charge in [-0.2, -0.15) is 0 Å². The highest BCUT2D eigenvalue weighted by molar-refractivity contribution is 5.84. The van der Waals surface area contributed by atoms with Gasteiger partial charge in [0.2, 0.25) is 0 Å². The summed E-state index contributed by atoms with van der Waals surface area (Å²) < 4.78 is 5.76. The van der Waals surface area contributed by atoms with Gasteiger partial charge in [0.05, 0.1) is 0 Å². The van der Waals surface area contributed by atoms with E-state index >= 15 is 0 Å². The molecule has 28 heavy (non-hydrogen) atoms. The smallest absolute Gasteiger partial charge is 0.260 e. The van der Waals surface area contributed by atoms with Crippen LogP contribution in [0.4, 0.5) is 0 Å². The fourth-order valence-corrected chi connectivity index (χ4v) is 4.21. The second-order valence-corrected chi connectivity index (χ2v) is 7.74. The van der Waals surface area contributed by atoms with Crippen LogP contribution in [0, 0.1) is 0 Å². The summed E-state index contributed by atoms with van der Waals surface area (Å²) in [6, 6.07) is 23.3. The minimum absolute atomic E-state index is 0.0711. The maximum absolute atomic E-state index is 12.5. The molecule has 2 aliphatic heterocycles. The molecule has 1 amide bonds. The summed E-state index contributed by atoms with van der Waals surface area (Å²) in [5.41, 5.74) is 2.90. The maximum atomic E-state index is 12.5. The average molecular weight is 372 g/mol. The molecule has 3 aromatic rings. The minimum atomic E-state index is 0.0711. The van der Waals surface area contributed by atoms with Crippen LogP contribution in [0.25, 0.3) is 10.8 Å². The first-order chi connectivity index (χ1) is 13.8. The molecular formula is C24H24N2O2. The molecule has 2 heterocycles. The van der Waals surface area contributed by atoms with Crippen LogP contribution in [0.5, 0.6) is 5.75 Å². The lowest BCUT2D eigenvalue weighted by atomic mass is 9.96. The molecule has 1 fully saturated rings. The summed E-state index contributed by atoms with van der Waals surface area (Å²) in [7, 11) is 0. The normalized spacial score (nSPS) is 17.2. The van der Waals surface area contributed by atoms with Crippen molar-refractivity contribution in [2.24, 2.45) is 0 Å². The van der Waals surface area contributed by atoms with Gasteiger partial charge in [-0.3, -0.25) is 9.69 Å². The molecule has 142 valence electrons. The lowest BCUT2D eigenvalue weighted by Gasteiger charge is -2.46. The van der Waals surface area contributed by atoms with Crippen LogP contribution in [0.2, 0.25) is 0 Å². The van der Waals surface area contributed by atoms with Gasteiger partial charge < -0.3 is 9.64 Å². The lowest BCUT2D eigenvalue weighted by Crippen LogP contribution is -2.62. The summed E-state index contributed by atoms with van der Waals surface area (Å²) in [5.74, 6) is 0.818. The van der Waals surface area contributed by atoms with Crippen molar-refractivity contribution in [3.05, 3.63) is 77.9 Å². The number of ether oxygens (including phenoxy) is 1. The number of carbonyl (C=O) groups is 1. The van der Waals surface area contributed by atoms with E-state index < -0.39 is 0 Å². The molecule has 4 nitrogen and oxygen atoms in total. The Morgan fingerprint density at radius 1 is 0.929 bits per heavy atom. The highest BCUT2D eigenvalue weighted by Crippen LogP contribution is 2.25. The van der Waals surface area contributed by atoms with E-state index in [1.807, 2.05) is 35.2 Å². The first kappa shape index (κ1) is 17.3. The number of nitrogens with zero attached hydrogens (tertiary/aromatic N) is 2. The molecule has 0 saturated carbocycles. The molecule has 4 heteroatoms. The monoisotopic (exact) mass is 372 g/mol. The molecule has 2 aliphatic rings. The van der Waals surface area contributed by atoms with E-state index in [9.17, 15) is 4.79 Å². The van der Waals surface area contributed by atoms with E-state index in [1.165, 1.54) is 16.5 Å². The number of rotatable bonds is 4. The van der Waals surface area contributed by atoms with Gasteiger partial charge in [0, 0.05) is 32.2 Å². The second-order valence-electron chi connectivity index (χ2n) is 7.74. The van der Waals surface area contributed by atoms with Gasteiger partial charge in [0.1, 0.15) is 5.75 Å². The van der Waals surface area contributed by atoms with Gasteiger partial charge in [-0.15, -0.1) is 0 Å². The largest absolute Gasteiger partial charge is 0.484 e. The van der Waals surface area contributed by atoms with Gasteiger partial charge in [-0.05, 0) is 40.5 Å². The van der Waals surface area contributed by atoms with Crippen LogP contribution in [-0.4, -0.2) is 48.0 Å². The van der Waals surface area contributed by atoms with E-state index in [0.29, 0.717) is 6.04 Å². The molecule has 0 aliphatic carbocycles. The summed E-state index contributed by atoms with van der Waals surface area (Å²) in [5, 5.41) is 2.30. The highest BCUT2D eigenvalue weighted by atomic mass is 16.5. The number of likely N-dealkylation sites (tertiary alicyclic amines) is 1. The Morgan fingerprint density at radius 2 is 1.68 bits per heavy atom. The summed E-state index contributed by atoms with van der Waals surface area (Å²) >= 11 is 0. The topological polar surface area (TPSA) is 32.8 Å². The van der Waals surface area contributed by atoms with Crippen LogP contribution in [0.3, 0.4) is 0 Å². The van der Waals surface area contributed by atoms with Crippen molar-refractivity contribution in [1.29, 1.82) is 0 Å². The van der Waals surface area contributed by atoms with Crippen LogP contribution in [0.1, 0.15) is 11.1 Å². The average Bonchev–Trinajstić information content (AvgIpc) is 2.71. The number of amides is 1. The Labute approximate surface area is 165 Å². The molecule has 0 bridgehead atoms. The van der Waals surface area contributed by atoms with Crippen molar-refractivity contribution in [2.45, 2.75) is 19.0 Å². The summed E-state index contributed by atoms with van der Waals surface area (Å²) in [6.45, 7) is 3.80.